The van der Waals surface area contributed by atoms with Crippen LogP contribution in [0.2, 0.25) is 0 Å². The van der Waals surface area contributed by atoms with Gasteiger partial charge < -0.3 is 14.2 Å². The zero-order chi connectivity index (χ0) is 38.7. The van der Waals surface area contributed by atoms with Crippen LogP contribution in [0.25, 0.3) is 0 Å². The minimum atomic E-state index is -0.756. The molecule has 0 aromatic heterocycles. The van der Waals surface area contributed by atoms with Crippen LogP contribution in [0.5, 0.6) is 0 Å². The lowest BCUT2D eigenvalue weighted by atomic mass is 10.0. The number of ether oxygens (including phenoxy) is 3. The van der Waals surface area contributed by atoms with Gasteiger partial charge in [0.2, 0.25) is 0 Å². The molecule has 0 aliphatic carbocycles. The van der Waals surface area contributed by atoms with E-state index in [1.807, 2.05) is 0 Å². The van der Waals surface area contributed by atoms with E-state index < -0.39 is 6.10 Å². The maximum absolute atomic E-state index is 12.6. The Morgan fingerprint density at radius 3 is 0.755 bits per heavy atom. The molecule has 0 aliphatic heterocycles. The largest absolute Gasteiger partial charge is 0.462 e. The minimum absolute atomic E-state index is 0.0633. The first kappa shape index (κ1) is 51.4. The van der Waals surface area contributed by atoms with Gasteiger partial charge >= 0.3 is 17.9 Å². The van der Waals surface area contributed by atoms with Gasteiger partial charge in [-0.05, 0) is 19.3 Å². The molecule has 1 atom stereocenters. The van der Waals surface area contributed by atoms with E-state index in [0.29, 0.717) is 19.3 Å². The summed E-state index contributed by atoms with van der Waals surface area (Å²) >= 11 is 0. The number of hydrogen-bond acceptors (Lipinski definition) is 6. The molecule has 6 heteroatoms. The summed E-state index contributed by atoms with van der Waals surface area (Å²) in [5, 5.41) is 0. The van der Waals surface area contributed by atoms with Gasteiger partial charge in [-0.1, -0.05) is 226 Å². The Labute approximate surface area is 329 Å². The Morgan fingerprint density at radius 1 is 0.302 bits per heavy atom. The van der Waals surface area contributed by atoms with Gasteiger partial charge in [-0.2, -0.15) is 0 Å². The second-order valence-corrected chi connectivity index (χ2v) is 16.0. The molecule has 314 valence electrons. The van der Waals surface area contributed by atoms with Crippen LogP contribution in [-0.2, 0) is 28.6 Å². The molecule has 6 nitrogen and oxygen atoms in total. The van der Waals surface area contributed by atoms with E-state index in [2.05, 4.69) is 20.8 Å². The van der Waals surface area contributed by atoms with Crippen molar-refractivity contribution < 1.29 is 28.6 Å². The van der Waals surface area contributed by atoms with Crippen molar-refractivity contribution in [3.8, 4) is 0 Å². The Balaban J connectivity index is 4.12. The van der Waals surface area contributed by atoms with E-state index in [9.17, 15) is 14.4 Å². The molecule has 0 rings (SSSR count). The lowest BCUT2D eigenvalue weighted by Gasteiger charge is -2.18. The predicted octanol–water partition coefficient (Wildman–Crippen LogP) is 14.9. The Hall–Kier alpha value is -1.59. The van der Waals surface area contributed by atoms with Crippen LogP contribution >= 0.6 is 0 Å². The number of unbranched alkanes of at least 4 members (excludes halogenated alkanes) is 32. The van der Waals surface area contributed by atoms with Gasteiger partial charge in [0.1, 0.15) is 13.2 Å². The third-order valence-electron chi connectivity index (χ3n) is 10.6. The van der Waals surface area contributed by atoms with Crippen LogP contribution in [0.4, 0.5) is 0 Å². The zero-order valence-corrected chi connectivity index (χ0v) is 35.8. The minimum Gasteiger partial charge on any atom is -0.462 e. The van der Waals surface area contributed by atoms with Crippen LogP contribution in [0.1, 0.15) is 265 Å². The van der Waals surface area contributed by atoms with E-state index in [1.54, 1.807) is 0 Å². The van der Waals surface area contributed by atoms with Gasteiger partial charge in [-0.3, -0.25) is 14.4 Å². The van der Waals surface area contributed by atoms with Crippen molar-refractivity contribution in [1.82, 2.24) is 0 Å². The van der Waals surface area contributed by atoms with Crippen molar-refractivity contribution in [2.75, 3.05) is 13.2 Å². The van der Waals surface area contributed by atoms with Crippen LogP contribution in [-0.4, -0.2) is 37.2 Å². The highest BCUT2D eigenvalue weighted by Gasteiger charge is 2.19. The quantitative estimate of drug-likeness (QED) is 0.0351. The van der Waals surface area contributed by atoms with Crippen molar-refractivity contribution in [3.05, 3.63) is 0 Å². The number of carbonyl (C=O) groups is 3. The van der Waals surface area contributed by atoms with Crippen molar-refractivity contribution >= 4 is 17.9 Å². The second-order valence-electron chi connectivity index (χ2n) is 16.0. The molecule has 0 amide bonds. The molecular formula is C47H90O6. The van der Waals surface area contributed by atoms with Crippen molar-refractivity contribution in [1.29, 1.82) is 0 Å². The Bertz CT molecular complexity index is 783. The van der Waals surface area contributed by atoms with Crippen LogP contribution in [0, 0.1) is 0 Å². The van der Waals surface area contributed by atoms with Crippen LogP contribution in [0.3, 0.4) is 0 Å². The Kier molecular flexibility index (Phi) is 41.8. The molecule has 0 radical (unpaired) electrons. The molecule has 0 fully saturated rings. The molecule has 0 N–H and O–H groups in total. The molecule has 0 aromatic rings. The van der Waals surface area contributed by atoms with E-state index in [-0.39, 0.29) is 31.1 Å². The summed E-state index contributed by atoms with van der Waals surface area (Å²) in [4.78, 5) is 37.5. The van der Waals surface area contributed by atoms with Crippen molar-refractivity contribution in [2.45, 2.75) is 271 Å². The fourth-order valence-corrected chi connectivity index (χ4v) is 7.03. The lowest BCUT2D eigenvalue weighted by molar-refractivity contribution is -0.167. The maximum Gasteiger partial charge on any atom is 0.306 e. The van der Waals surface area contributed by atoms with Gasteiger partial charge in [0.15, 0.2) is 6.10 Å². The highest BCUT2D eigenvalue weighted by atomic mass is 16.6. The number of hydrogen-bond donors (Lipinski definition) is 0. The molecule has 0 unspecified atom stereocenters. The van der Waals surface area contributed by atoms with Gasteiger partial charge in [-0.15, -0.1) is 0 Å². The fraction of sp³-hybridized carbons (Fsp3) is 0.936. The Morgan fingerprint density at radius 2 is 0.509 bits per heavy atom. The summed E-state index contributed by atoms with van der Waals surface area (Å²) in [5.74, 6) is -0.860. The summed E-state index contributed by atoms with van der Waals surface area (Å²) in [7, 11) is 0. The van der Waals surface area contributed by atoms with E-state index in [4.69, 9.17) is 14.2 Å². The van der Waals surface area contributed by atoms with Gasteiger partial charge in [0.25, 0.3) is 0 Å². The highest BCUT2D eigenvalue weighted by molar-refractivity contribution is 5.71. The third kappa shape index (κ3) is 41.4. The SMILES string of the molecule is CCCCCCCCCCCCCCCCCCCCCC(=O)OC[C@H](COC(=O)CCCCCCCCC)OC(=O)CCCCCCCCCCC. The molecular weight excluding hydrogens is 661 g/mol. The summed E-state index contributed by atoms with van der Waals surface area (Å²) in [5.41, 5.74) is 0. The number of carbonyl (C=O) groups excluding carboxylic acids is 3. The summed E-state index contributed by atoms with van der Waals surface area (Å²) in [6, 6.07) is 0. The van der Waals surface area contributed by atoms with Gasteiger partial charge in [-0.25, -0.2) is 0 Å². The molecule has 0 spiro atoms. The van der Waals surface area contributed by atoms with Crippen LogP contribution < -0.4 is 0 Å². The molecule has 0 heterocycles. The van der Waals surface area contributed by atoms with E-state index in [1.165, 1.54) is 167 Å². The molecule has 0 saturated heterocycles. The van der Waals surface area contributed by atoms with Crippen LogP contribution in [0.15, 0.2) is 0 Å². The lowest BCUT2D eigenvalue weighted by Crippen LogP contribution is -2.30. The molecule has 0 aliphatic rings. The number of esters is 3. The second kappa shape index (κ2) is 43.1. The van der Waals surface area contributed by atoms with E-state index in [0.717, 1.165) is 57.8 Å². The van der Waals surface area contributed by atoms with Crippen molar-refractivity contribution in [3.63, 3.8) is 0 Å². The fourth-order valence-electron chi connectivity index (χ4n) is 7.03. The normalized spacial score (nSPS) is 11.8. The third-order valence-corrected chi connectivity index (χ3v) is 10.6. The smallest absolute Gasteiger partial charge is 0.306 e. The zero-order valence-electron chi connectivity index (χ0n) is 35.8. The predicted molar refractivity (Wildman–Crippen MR) is 224 cm³/mol. The monoisotopic (exact) mass is 751 g/mol. The molecule has 0 aromatic carbocycles. The average Bonchev–Trinajstić information content (AvgIpc) is 3.15. The highest BCUT2D eigenvalue weighted by Crippen LogP contribution is 2.16. The summed E-state index contributed by atoms with van der Waals surface area (Å²) in [6.45, 7) is 6.60. The average molecular weight is 751 g/mol. The first-order valence-electron chi connectivity index (χ1n) is 23.5. The van der Waals surface area contributed by atoms with Gasteiger partial charge in [0.05, 0.1) is 0 Å². The first-order valence-corrected chi connectivity index (χ1v) is 23.5. The summed E-state index contributed by atoms with van der Waals surface area (Å²) < 4.78 is 16.6. The standard InChI is InChI=1S/C47H90O6/c1-4-7-10-13-16-18-19-20-21-22-23-24-25-26-27-29-31-34-37-40-46(49)52-43-44(42-51-45(48)39-36-33-30-15-12-9-6-3)53-47(50)41-38-35-32-28-17-14-11-8-5-2/h44H,4-43H2,1-3H3/t44-/m0/s1. The molecule has 0 saturated carbocycles. The summed E-state index contributed by atoms with van der Waals surface area (Å²) in [6.07, 6.45) is 43.9. The first-order chi connectivity index (χ1) is 26.0. The van der Waals surface area contributed by atoms with Gasteiger partial charge in [0, 0.05) is 19.3 Å². The number of rotatable bonds is 43. The van der Waals surface area contributed by atoms with E-state index >= 15 is 0 Å². The van der Waals surface area contributed by atoms with Crippen molar-refractivity contribution in [2.24, 2.45) is 0 Å². The topological polar surface area (TPSA) is 78.9 Å². The molecule has 53 heavy (non-hydrogen) atoms. The maximum atomic E-state index is 12.6. The molecule has 0 bridgehead atoms.